The Morgan fingerprint density at radius 1 is 0.962 bits per heavy atom. The smallest absolute Gasteiger partial charge is 0.271 e. The van der Waals surface area contributed by atoms with Gasteiger partial charge in [0.15, 0.2) is 0 Å². The van der Waals surface area contributed by atoms with Gasteiger partial charge in [-0.3, -0.25) is 4.79 Å². The molecule has 26 heavy (non-hydrogen) atoms. The van der Waals surface area contributed by atoms with Crippen LogP contribution in [0.1, 0.15) is 50.0 Å². The maximum Gasteiger partial charge on any atom is 0.271 e. The van der Waals surface area contributed by atoms with Crippen molar-refractivity contribution in [2.45, 2.75) is 34.1 Å². The third-order valence-corrected chi connectivity index (χ3v) is 4.26. The number of hydrazone groups is 1. The van der Waals surface area contributed by atoms with Crippen molar-refractivity contribution < 1.29 is 4.79 Å². The lowest BCUT2D eigenvalue weighted by molar-refractivity contribution is 0.0954. The van der Waals surface area contributed by atoms with Gasteiger partial charge in [-0.25, -0.2) is 5.43 Å². The largest absolute Gasteiger partial charge is 0.372 e. The van der Waals surface area contributed by atoms with Gasteiger partial charge in [0.05, 0.1) is 5.71 Å². The Morgan fingerprint density at radius 3 is 2.12 bits per heavy atom. The zero-order valence-corrected chi connectivity index (χ0v) is 16.2. The monoisotopic (exact) mass is 351 g/mol. The van der Waals surface area contributed by atoms with E-state index >= 15 is 0 Å². The van der Waals surface area contributed by atoms with Crippen molar-refractivity contribution in [2.75, 3.05) is 18.0 Å². The second kappa shape index (κ2) is 9.76. The first-order valence-electron chi connectivity index (χ1n) is 9.32. The topological polar surface area (TPSA) is 44.7 Å². The SMILES string of the molecule is CCN(CC)c1ccc(C(=O)N/N=C(/CC(C)C)c2ccccc2)cc1. The van der Waals surface area contributed by atoms with Crippen molar-refractivity contribution in [2.24, 2.45) is 11.0 Å². The van der Waals surface area contributed by atoms with Crippen molar-refractivity contribution in [1.29, 1.82) is 0 Å². The molecular weight excluding hydrogens is 322 g/mol. The molecule has 0 unspecified atom stereocenters. The van der Waals surface area contributed by atoms with Gasteiger partial charge in [0, 0.05) is 24.3 Å². The Morgan fingerprint density at radius 2 is 1.58 bits per heavy atom. The van der Waals surface area contributed by atoms with Crippen LogP contribution in [0.25, 0.3) is 0 Å². The molecule has 0 aromatic heterocycles. The maximum absolute atomic E-state index is 12.5. The van der Waals surface area contributed by atoms with Gasteiger partial charge in [0.2, 0.25) is 0 Å². The minimum Gasteiger partial charge on any atom is -0.372 e. The molecule has 0 aliphatic rings. The van der Waals surface area contributed by atoms with Gasteiger partial charge >= 0.3 is 0 Å². The molecule has 0 aliphatic carbocycles. The van der Waals surface area contributed by atoms with E-state index in [2.05, 4.69) is 43.1 Å². The summed E-state index contributed by atoms with van der Waals surface area (Å²) in [5.74, 6) is 0.271. The van der Waals surface area contributed by atoms with E-state index in [-0.39, 0.29) is 5.91 Å². The molecule has 0 fully saturated rings. The number of amides is 1. The van der Waals surface area contributed by atoms with Crippen LogP contribution in [0.3, 0.4) is 0 Å². The molecule has 2 aromatic carbocycles. The number of carbonyl (C=O) groups is 1. The standard InChI is InChI=1S/C22H29N3O/c1-5-25(6-2)20-14-12-19(13-15-20)22(26)24-23-21(16-17(3)4)18-10-8-7-9-11-18/h7-15,17H,5-6,16H2,1-4H3,(H,24,26)/b23-21-. The van der Waals surface area contributed by atoms with Crippen LogP contribution in [0.2, 0.25) is 0 Å². The Kier molecular flexibility index (Phi) is 7.39. The predicted octanol–water partition coefficient (Wildman–Crippen LogP) is 4.71. The number of rotatable bonds is 8. The van der Waals surface area contributed by atoms with E-state index in [0.717, 1.165) is 36.5 Å². The molecule has 4 nitrogen and oxygen atoms in total. The van der Waals surface area contributed by atoms with Crippen LogP contribution in [0.15, 0.2) is 59.7 Å². The van der Waals surface area contributed by atoms with Crippen molar-refractivity contribution >= 4 is 17.3 Å². The zero-order valence-electron chi connectivity index (χ0n) is 16.2. The van der Waals surface area contributed by atoms with Crippen LogP contribution in [-0.4, -0.2) is 24.7 Å². The summed E-state index contributed by atoms with van der Waals surface area (Å²) in [6.45, 7) is 10.4. The number of nitrogens with one attached hydrogen (secondary N) is 1. The molecule has 2 aromatic rings. The molecule has 0 bridgehead atoms. The number of hydrogen-bond acceptors (Lipinski definition) is 3. The number of carbonyl (C=O) groups excluding carboxylic acids is 1. The fourth-order valence-electron chi connectivity index (χ4n) is 2.84. The summed E-state index contributed by atoms with van der Waals surface area (Å²) in [6, 6.07) is 17.7. The second-order valence-corrected chi connectivity index (χ2v) is 6.68. The molecule has 0 aliphatic heterocycles. The van der Waals surface area contributed by atoms with E-state index in [9.17, 15) is 4.79 Å². The van der Waals surface area contributed by atoms with Crippen molar-refractivity contribution in [3.05, 3.63) is 65.7 Å². The summed E-state index contributed by atoms with van der Waals surface area (Å²) in [7, 11) is 0. The number of nitrogens with zero attached hydrogens (tertiary/aromatic N) is 2. The highest BCUT2D eigenvalue weighted by Crippen LogP contribution is 2.15. The van der Waals surface area contributed by atoms with E-state index in [1.165, 1.54) is 0 Å². The van der Waals surface area contributed by atoms with E-state index in [1.807, 2.05) is 54.6 Å². The molecule has 0 atom stereocenters. The molecule has 138 valence electrons. The molecule has 4 heteroatoms. The first-order valence-corrected chi connectivity index (χ1v) is 9.32. The van der Waals surface area contributed by atoms with Gasteiger partial charge in [0.25, 0.3) is 5.91 Å². The van der Waals surface area contributed by atoms with Crippen molar-refractivity contribution in [3.8, 4) is 0 Å². The highest BCUT2D eigenvalue weighted by atomic mass is 16.2. The van der Waals surface area contributed by atoms with Crippen molar-refractivity contribution in [1.82, 2.24) is 5.43 Å². The molecular formula is C22H29N3O. The fraction of sp³-hybridized carbons (Fsp3) is 0.364. The Labute approximate surface area is 156 Å². The summed E-state index contributed by atoms with van der Waals surface area (Å²) in [5, 5.41) is 4.41. The molecule has 0 spiro atoms. The minimum atomic E-state index is -0.187. The van der Waals surface area contributed by atoms with Crippen molar-refractivity contribution in [3.63, 3.8) is 0 Å². The van der Waals surface area contributed by atoms with Crippen LogP contribution in [0.4, 0.5) is 5.69 Å². The van der Waals surface area contributed by atoms with Crippen LogP contribution in [-0.2, 0) is 0 Å². The molecule has 0 saturated carbocycles. The van der Waals surface area contributed by atoms with Crippen LogP contribution >= 0.6 is 0 Å². The van der Waals surface area contributed by atoms with E-state index in [4.69, 9.17) is 0 Å². The minimum absolute atomic E-state index is 0.187. The van der Waals surface area contributed by atoms with Crippen LogP contribution in [0.5, 0.6) is 0 Å². The van der Waals surface area contributed by atoms with Gasteiger partial charge in [-0.15, -0.1) is 0 Å². The van der Waals surface area contributed by atoms with E-state index < -0.39 is 0 Å². The molecule has 1 amide bonds. The zero-order chi connectivity index (χ0) is 18.9. The maximum atomic E-state index is 12.5. The Bertz CT molecular complexity index is 717. The van der Waals surface area contributed by atoms with Gasteiger partial charge in [-0.1, -0.05) is 44.2 Å². The second-order valence-electron chi connectivity index (χ2n) is 6.68. The highest BCUT2D eigenvalue weighted by molar-refractivity contribution is 6.02. The van der Waals surface area contributed by atoms with Gasteiger partial charge in [-0.05, 0) is 56.0 Å². The summed E-state index contributed by atoms with van der Waals surface area (Å²) >= 11 is 0. The lowest BCUT2D eigenvalue weighted by Crippen LogP contribution is -2.23. The molecule has 0 heterocycles. The average molecular weight is 351 g/mol. The predicted molar refractivity (Wildman–Crippen MR) is 110 cm³/mol. The molecule has 2 rings (SSSR count). The average Bonchev–Trinajstić information content (AvgIpc) is 2.67. The Hall–Kier alpha value is -2.62. The van der Waals surface area contributed by atoms with Gasteiger partial charge in [-0.2, -0.15) is 5.10 Å². The summed E-state index contributed by atoms with van der Waals surface area (Å²) < 4.78 is 0. The third kappa shape index (κ3) is 5.45. The normalized spacial score (nSPS) is 11.5. The third-order valence-electron chi connectivity index (χ3n) is 4.26. The number of anilines is 1. The van der Waals surface area contributed by atoms with Crippen LogP contribution < -0.4 is 10.3 Å². The number of benzene rings is 2. The summed E-state index contributed by atoms with van der Waals surface area (Å²) in [5.41, 5.74) is 6.39. The Balaban J connectivity index is 2.12. The summed E-state index contributed by atoms with van der Waals surface area (Å²) in [6.07, 6.45) is 0.811. The van der Waals surface area contributed by atoms with E-state index in [1.54, 1.807) is 0 Å². The van der Waals surface area contributed by atoms with E-state index in [0.29, 0.717) is 11.5 Å². The number of hydrogen-bond donors (Lipinski definition) is 1. The summed E-state index contributed by atoms with van der Waals surface area (Å²) in [4.78, 5) is 14.7. The highest BCUT2D eigenvalue weighted by Gasteiger charge is 2.10. The lowest BCUT2D eigenvalue weighted by atomic mass is 10.0. The quantitative estimate of drug-likeness (QED) is 0.553. The lowest BCUT2D eigenvalue weighted by Gasteiger charge is -2.20. The van der Waals surface area contributed by atoms with Gasteiger partial charge in [0.1, 0.15) is 0 Å². The van der Waals surface area contributed by atoms with Crippen LogP contribution in [0, 0.1) is 5.92 Å². The van der Waals surface area contributed by atoms with Gasteiger partial charge < -0.3 is 4.90 Å². The molecule has 1 N–H and O–H groups in total. The first kappa shape index (κ1) is 19.7. The first-order chi connectivity index (χ1) is 12.5. The molecule has 0 radical (unpaired) electrons. The fourth-order valence-corrected chi connectivity index (χ4v) is 2.84. The molecule has 0 saturated heterocycles.